The Balaban J connectivity index is 2.16. The minimum Gasteiger partial charge on any atom is -0.321 e. The molecule has 1 aromatic heterocycles. The fourth-order valence-electron chi connectivity index (χ4n) is 1.97. The van der Waals surface area contributed by atoms with Gasteiger partial charge in [-0.15, -0.1) is 5.10 Å². The number of fused-ring (bicyclic) bond motifs is 1. The lowest BCUT2D eigenvalue weighted by Gasteiger charge is -2.07. The highest BCUT2D eigenvalue weighted by Crippen LogP contribution is 2.19. The first-order chi connectivity index (χ1) is 8.75. The molecule has 5 nitrogen and oxygen atoms in total. The highest BCUT2D eigenvalue weighted by Gasteiger charge is 2.12. The smallest absolute Gasteiger partial charge is 0.173 e. The molecule has 0 spiro atoms. The molecule has 1 atom stereocenters. The van der Waals surface area contributed by atoms with Gasteiger partial charge in [-0.1, -0.05) is 30.3 Å². The SMILES string of the molecule is CC(N)c1nnnn1-c1ccc2ccccc2c1. The molecule has 0 aliphatic carbocycles. The summed E-state index contributed by atoms with van der Waals surface area (Å²) < 4.78 is 1.68. The van der Waals surface area contributed by atoms with Crippen LogP contribution in [0.5, 0.6) is 0 Å². The Morgan fingerprint density at radius 2 is 1.89 bits per heavy atom. The number of nitrogens with two attached hydrogens (primary N) is 1. The fourth-order valence-corrected chi connectivity index (χ4v) is 1.97. The number of benzene rings is 2. The molecular formula is C13H13N5. The summed E-state index contributed by atoms with van der Waals surface area (Å²) in [5, 5.41) is 14.0. The van der Waals surface area contributed by atoms with Gasteiger partial charge in [0.05, 0.1) is 11.7 Å². The normalized spacial score (nSPS) is 12.8. The molecule has 5 heteroatoms. The Labute approximate surface area is 104 Å². The van der Waals surface area contributed by atoms with E-state index >= 15 is 0 Å². The summed E-state index contributed by atoms with van der Waals surface area (Å²) in [7, 11) is 0. The van der Waals surface area contributed by atoms with Crippen molar-refractivity contribution in [1.82, 2.24) is 20.2 Å². The van der Waals surface area contributed by atoms with Gasteiger partial charge in [0.15, 0.2) is 5.82 Å². The molecule has 0 fully saturated rings. The summed E-state index contributed by atoms with van der Waals surface area (Å²) in [5.74, 6) is 0.658. The molecule has 18 heavy (non-hydrogen) atoms. The lowest BCUT2D eigenvalue weighted by Crippen LogP contribution is -2.13. The van der Waals surface area contributed by atoms with Crippen molar-refractivity contribution in [3.63, 3.8) is 0 Å². The van der Waals surface area contributed by atoms with Crippen molar-refractivity contribution in [2.75, 3.05) is 0 Å². The van der Waals surface area contributed by atoms with E-state index in [4.69, 9.17) is 5.73 Å². The Morgan fingerprint density at radius 1 is 1.11 bits per heavy atom. The van der Waals surface area contributed by atoms with Crippen LogP contribution in [0.15, 0.2) is 42.5 Å². The molecule has 1 heterocycles. The first-order valence-corrected chi connectivity index (χ1v) is 5.79. The van der Waals surface area contributed by atoms with E-state index in [1.165, 1.54) is 5.39 Å². The molecule has 0 radical (unpaired) electrons. The van der Waals surface area contributed by atoms with Gasteiger partial charge < -0.3 is 5.73 Å². The molecule has 0 aliphatic heterocycles. The van der Waals surface area contributed by atoms with Crippen LogP contribution in [0.1, 0.15) is 18.8 Å². The lowest BCUT2D eigenvalue weighted by atomic mass is 10.1. The Morgan fingerprint density at radius 3 is 2.67 bits per heavy atom. The van der Waals surface area contributed by atoms with Gasteiger partial charge in [0.1, 0.15) is 0 Å². The van der Waals surface area contributed by atoms with E-state index in [1.807, 2.05) is 25.1 Å². The van der Waals surface area contributed by atoms with Gasteiger partial charge >= 0.3 is 0 Å². The summed E-state index contributed by atoms with van der Waals surface area (Å²) in [5.41, 5.74) is 6.77. The standard InChI is InChI=1S/C13H13N5/c1-9(14)13-15-16-17-18(13)12-7-6-10-4-2-3-5-11(10)8-12/h2-9H,14H2,1H3. The van der Waals surface area contributed by atoms with Gasteiger partial charge in [-0.05, 0) is 40.3 Å². The van der Waals surface area contributed by atoms with Gasteiger partial charge in [0, 0.05) is 0 Å². The zero-order chi connectivity index (χ0) is 12.5. The second kappa shape index (κ2) is 4.19. The quantitative estimate of drug-likeness (QED) is 0.740. The largest absolute Gasteiger partial charge is 0.321 e. The highest BCUT2D eigenvalue weighted by atomic mass is 15.5. The number of hydrogen-bond acceptors (Lipinski definition) is 4. The predicted octanol–water partition coefficient (Wildman–Crippen LogP) is 1.84. The third-order valence-electron chi connectivity index (χ3n) is 2.88. The van der Waals surface area contributed by atoms with E-state index in [0.717, 1.165) is 11.1 Å². The molecule has 0 saturated heterocycles. The maximum atomic E-state index is 5.85. The zero-order valence-corrected chi connectivity index (χ0v) is 9.99. The molecular weight excluding hydrogens is 226 g/mol. The van der Waals surface area contributed by atoms with Crippen LogP contribution >= 0.6 is 0 Å². The summed E-state index contributed by atoms with van der Waals surface area (Å²) in [4.78, 5) is 0. The van der Waals surface area contributed by atoms with E-state index < -0.39 is 0 Å². The molecule has 0 saturated carbocycles. The van der Waals surface area contributed by atoms with Crippen molar-refractivity contribution >= 4 is 10.8 Å². The van der Waals surface area contributed by atoms with E-state index in [-0.39, 0.29) is 6.04 Å². The third kappa shape index (κ3) is 1.74. The number of tetrazole rings is 1. The minimum atomic E-state index is -0.202. The van der Waals surface area contributed by atoms with Crippen LogP contribution in [-0.4, -0.2) is 20.2 Å². The van der Waals surface area contributed by atoms with Crippen LogP contribution in [-0.2, 0) is 0 Å². The minimum absolute atomic E-state index is 0.202. The molecule has 2 N–H and O–H groups in total. The first-order valence-electron chi connectivity index (χ1n) is 5.79. The second-order valence-corrected chi connectivity index (χ2v) is 4.27. The predicted molar refractivity (Wildman–Crippen MR) is 69.3 cm³/mol. The van der Waals surface area contributed by atoms with Crippen molar-refractivity contribution in [2.45, 2.75) is 13.0 Å². The molecule has 90 valence electrons. The van der Waals surface area contributed by atoms with Crippen LogP contribution in [0.3, 0.4) is 0 Å². The number of nitrogens with zero attached hydrogens (tertiary/aromatic N) is 4. The number of aromatic nitrogens is 4. The molecule has 2 aromatic carbocycles. The Bertz CT molecular complexity index is 686. The Kier molecular flexibility index (Phi) is 2.53. The summed E-state index contributed by atoms with van der Waals surface area (Å²) in [6.07, 6.45) is 0. The zero-order valence-electron chi connectivity index (χ0n) is 9.99. The lowest BCUT2D eigenvalue weighted by molar-refractivity contribution is 0.689. The third-order valence-corrected chi connectivity index (χ3v) is 2.88. The average Bonchev–Trinajstić information content (AvgIpc) is 2.87. The molecule has 0 bridgehead atoms. The van der Waals surface area contributed by atoms with Crippen LogP contribution in [0.2, 0.25) is 0 Å². The molecule has 3 aromatic rings. The average molecular weight is 239 g/mol. The van der Waals surface area contributed by atoms with Crippen molar-refractivity contribution in [2.24, 2.45) is 5.73 Å². The monoisotopic (exact) mass is 239 g/mol. The van der Waals surface area contributed by atoms with Gasteiger partial charge in [0.25, 0.3) is 0 Å². The van der Waals surface area contributed by atoms with Gasteiger partial charge in [0.2, 0.25) is 0 Å². The van der Waals surface area contributed by atoms with Gasteiger partial charge in [-0.3, -0.25) is 0 Å². The van der Waals surface area contributed by atoms with E-state index in [9.17, 15) is 0 Å². The topological polar surface area (TPSA) is 69.6 Å². The number of rotatable bonds is 2. The van der Waals surface area contributed by atoms with E-state index in [0.29, 0.717) is 5.82 Å². The molecule has 3 rings (SSSR count). The van der Waals surface area contributed by atoms with Crippen LogP contribution in [0, 0.1) is 0 Å². The maximum absolute atomic E-state index is 5.85. The van der Waals surface area contributed by atoms with Crippen molar-refractivity contribution in [1.29, 1.82) is 0 Å². The highest BCUT2D eigenvalue weighted by molar-refractivity contribution is 5.84. The first kappa shape index (κ1) is 10.9. The van der Waals surface area contributed by atoms with Gasteiger partial charge in [-0.2, -0.15) is 4.68 Å². The summed E-state index contributed by atoms with van der Waals surface area (Å²) in [6.45, 7) is 1.86. The molecule has 0 aliphatic rings. The second-order valence-electron chi connectivity index (χ2n) is 4.27. The maximum Gasteiger partial charge on any atom is 0.173 e. The van der Waals surface area contributed by atoms with Crippen molar-refractivity contribution in [3.8, 4) is 5.69 Å². The van der Waals surface area contributed by atoms with Crippen molar-refractivity contribution < 1.29 is 0 Å². The Hall–Kier alpha value is -2.27. The molecule has 0 amide bonds. The number of hydrogen-bond donors (Lipinski definition) is 1. The molecule has 1 unspecified atom stereocenters. The fraction of sp³-hybridized carbons (Fsp3) is 0.154. The van der Waals surface area contributed by atoms with E-state index in [2.05, 4.69) is 39.8 Å². The summed E-state index contributed by atoms with van der Waals surface area (Å²) >= 11 is 0. The van der Waals surface area contributed by atoms with Crippen molar-refractivity contribution in [3.05, 3.63) is 48.3 Å². The van der Waals surface area contributed by atoms with Crippen LogP contribution in [0.4, 0.5) is 0 Å². The van der Waals surface area contributed by atoms with Gasteiger partial charge in [-0.25, -0.2) is 0 Å². The summed E-state index contributed by atoms with van der Waals surface area (Å²) in [6, 6.07) is 14.1. The van der Waals surface area contributed by atoms with E-state index in [1.54, 1.807) is 4.68 Å². The van der Waals surface area contributed by atoms with Crippen LogP contribution in [0.25, 0.3) is 16.5 Å². The van der Waals surface area contributed by atoms with Crippen LogP contribution < -0.4 is 5.73 Å².